The van der Waals surface area contributed by atoms with Crippen LogP contribution >= 0.6 is 0 Å². The predicted molar refractivity (Wildman–Crippen MR) is 65.9 cm³/mol. The lowest BCUT2D eigenvalue weighted by molar-refractivity contribution is -0.138. The van der Waals surface area contributed by atoms with Crippen LogP contribution in [-0.4, -0.2) is 15.6 Å². The van der Waals surface area contributed by atoms with E-state index < -0.39 is 5.97 Å². The molecule has 1 saturated carbocycles. The molecule has 1 aromatic carbocycles. The average Bonchev–Trinajstić information content (AvgIpc) is 3.01. The van der Waals surface area contributed by atoms with Gasteiger partial charge in [-0.1, -0.05) is 18.2 Å². The minimum absolute atomic E-state index is 0.117. The quantitative estimate of drug-likeness (QED) is 0.878. The zero-order valence-corrected chi connectivity index (χ0v) is 9.76. The molecular formula is C14H15NO2. The number of nitrogens with zero attached hydrogens (tertiary/aromatic N) is 1. The van der Waals surface area contributed by atoms with E-state index in [2.05, 4.69) is 22.9 Å². The summed E-state index contributed by atoms with van der Waals surface area (Å²) < 4.78 is 2.11. The number of rotatable bonds is 3. The van der Waals surface area contributed by atoms with E-state index in [9.17, 15) is 4.79 Å². The Hall–Kier alpha value is -1.77. The van der Waals surface area contributed by atoms with Crippen LogP contribution in [0.3, 0.4) is 0 Å². The standard InChI is InChI=1S/C14H15NO2/c1-15-8-10(6-9-7-12(9)14(16)17)11-4-2-3-5-13(11)15/h2-5,8-9,12H,6-7H2,1H3,(H,16,17). The fourth-order valence-corrected chi connectivity index (χ4v) is 2.65. The largest absolute Gasteiger partial charge is 0.481 e. The molecule has 0 spiro atoms. The monoisotopic (exact) mass is 229 g/mol. The van der Waals surface area contributed by atoms with E-state index in [1.165, 1.54) is 16.5 Å². The van der Waals surface area contributed by atoms with Gasteiger partial charge in [0.2, 0.25) is 0 Å². The van der Waals surface area contributed by atoms with E-state index in [4.69, 9.17) is 5.11 Å². The number of benzene rings is 1. The van der Waals surface area contributed by atoms with Gasteiger partial charge < -0.3 is 9.67 Å². The van der Waals surface area contributed by atoms with Crippen molar-refractivity contribution >= 4 is 16.9 Å². The van der Waals surface area contributed by atoms with E-state index in [1.807, 2.05) is 19.2 Å². The van der Waals surface area contributed by atoms with Gasteiger partial charge in [0.1, 0.15) is 0 Å². The Bertz CT molecular complexity index is 585. The molecule has 0 radical (unpaired) electrons. The topological polar surface area (TPSA) is 42.2 Å². The highest BCUT2D eigenvalue weighted by molar-refractivity contribution is 5.84. The maximum atomic E-state index is 10.8. The molecule has 88 valence electrons. The average molecular weight is 229 g/mol. The van der Waals surface area contributed by atoms with Crippen LogP contribution in [0, 0.1) is 11.8 Å². The van der Waals surface area contributed by atoms with Crippen LogP contribution in [0.4, 0.5) is 0 Å². The van der Waals surface area contributed by atoms with Crippen LogP contribution in [-0.2, 0) is 18.3 Å². The molecule has 2 unspecified atom stereocenters. The molecule has 3 nitrogen and oxygen atoms in total. The van der Waals surface area contributed by atoms with Crippen molar-refractivity contribution in [3.8, 4) is 0 Å². The third kappa shape index (κ3) is 1.71. The first-order chi connectivity index (χ1) is 8.16. The molecule has 1 aliphatic carbocycles. The number of carboxylic acids is 1. The van der Waals surface area contributed by atoms with Crippen molar-refractivity contribution in [2.75, 3.05) is 0 Å². The first kappa shape index (κ1) is 10.4. The highest BCUT2D eigenvalue weighted by atomic mass is 16.4. The zero-order chi connectivity index (χ0) is 12.0. The summed E-state index contributed by atoms with van der Waals surface area (Å²) in [5, 5.41) is 10.2. The van der Waals surface area contributed by atoms with Crippen molar-refractivity contribution in [3.63, 3.8) is 0 Å². The normalized spacial score (nSPS) is 22.9. The van der Waals surface area contributed by atoms with Crippen molar-refractivity contribution in [2.24, 2.45) is 18.9 Å². The summed E-state index contributed by atoms with van der Waals surface area (Å²) in [5.41, 5.74) is 2.49. The molecule has 3 heteroatoms. The highest BCUT2D eigenvalue weighted by Gasteiger charge is 2.43. The molecule has 1 fully saturated rings. The fourth-order valence-electron chi connectivity index (χ4n) is 2.65. The van der Waals surface area contributed by atoms with Crippen LogP contribution in [0.25, 0.3) is 10.9 Å². The van der Waals surface area contributed by atoms with Crippen LogP contribution in [0.5, 0.6) is 0 Å². The van der Waals surface area contributed by atoms with Gasteiger partial charge in [-0.15, -0.1) is 0 Å². The van der Waals surface area contributed by atoms with Gasteiger partial charge in [0.05, 0.1) is 5.92 Å². The Morgan fingerprint density at radius 3 is 2.94 bits per heavy atom. The molecule has 1 aromatic heterocycles. The molecule has 0 bridgehead atoms. The Labute approximate surface area is 99.7 Å². The van der Waals surface area contributed by atoms with Gasteiger partial charge in [-0.2, -0.15) is 0 Å². The Balaban J connectivity index is 1.89. The minimum atomic E-state index is -0.643. The van der Waals surface area contributed by atoms with Crippen molar-refractivity contribution in [2.45, 2.75) is 12.8 Å². The SMILES string of the molecule is Cn1cc(CC2CC2C(=O)O)c2ccccc21. The van der Waals surface area contributed by atoms with Gasteiger partial charge in [0, 0.05) is 24.1 Å². The Morgan fingerprint density at radius 1 is 1.47 bits per heavy atom. The first-order valence-electron chi connectivity index (χ1n) is 5.92. The molecule has 1 N–H and O–H groups in total. The molecule has 0 saturated heterocycles. The summed E-state index contributed by atoms with van der Waals surface area (Å²) >= 11 is 0. The lowest BCUT2D eigenvalue weighted by atomic mass is 10.1. The molecule has 0 aliphatic heterocycles. The maximum absolute atomic E-state index is 10.8. The van der Waals surface area contributed by atoms with Gasteiger partial charge in [-0.05, 0) is 30.4 Å². The molecule has 17 heavy (non-hydrogen) atoms. The highest BCUT2D eigenvalue weighted by Crippen LogP contribution is 2.42. The summed E-state index contributed by atoms with van der Waals surface area (Å²) in [4.78, 5) is 10.8. The second-order valence-corrected chi connectivity index (χ2v) is 4.93. The third-order valence-electron chi connectivity index (χ3n) is 3.70. The van der Waals surface area contributed by atoms with Gasteiger partial charge in [-0.3, -0.25) is 4.79 Å². The molecule has 2 atom stereocenters. The van der Waals surface area contributed by atoms with Crippen LogP contribution in [0.2, 0.25) is 0 Å². The number of aromatic nitrogens is 1. The van der Waals surface area contributed by atoms with Gasteiger partial charge in [0.15, 0.2) is 0 Å². The maximum Gasteiger partial charge on any atom is 0.306 e. The van der Waals surface area contributed by atoms with Crippen LogP contribution in [0.1, 0.15) is 12.0 Å². The Morgan fingerprint density at radius 2 is 2.24 bits per heavy atom. The van der Waals surface area contributed by atoms with Crippen molar-refractivity contribution in [3.05, 3.63) is 36.0 Å². The van der Waals surface area contributed by atoms with E-state index in [0.717, 1.165) is 12.8 Å². The number of aliphatic carboxylic acids is 1. The fraction of sp³-hybridized carbons (Fsp3) is 0.357. The van der Waals surface area contributed by atoms with Gasteiger partial charge >= 0.3 is 5.97 Å². The lowest BCUT2D eigenvalue weighted by Crippen LogP contribution is -2.00. The molecular weight excluding hydrogens is 214 g/mol. The molecule has 3 rings (SSSR count). The summed E-state index contributed by atoms with van der Waals surface area (Å²) in [5.74, 6) is -0.428. The molecule has 1 aliphatic rings. The van der Waals surface area contributed by atoms with E-state index in [0.29, 0.717) is 5.92 Å². The Kier molecular flexibility index (Phi) is 2.21. The molecule has 2 aromatic rings. The summed E-state index contributed by atoms with van der Waals surface area (Å²) in [6.45, 7) is 0. The summed E-state index contributed by atoms with van der Waals surface area (Å²) in [6.07, 6.45) is 3.85. The van der Waals surface area contributed by atoms with Crippen LogP contribution in [0.15, 0.2) is 30.5 Å². The smallest absolute Gasteiger partial charge is 0.306 e. The van der Waals surface area contributed by atoms with Crippen LogP contribution < -0.4 is 0 Å². The number of aryl methyl sites for hydroxylation is 1. The van der Waals surface area contributed by atoms with Gasteiger partial charge in [0.25, 0.3) is 0 Å². The minimum Gasteiger partial charge on any atom is -0.481 e. The molecule has 1 heterocycles. The second kappa shape index (κ2) is 3.62. The number of carbonyl (C=O) groups is 1. The predicted octanol–water partition coefficient (Wildman–Crippen LogP) is 2.44. The van der Waals surface area contributed by atoms with Crippen molar-refractivity contribution < 1.29 is 9.90 Å². The number of fused-ring (bicyclic) bond motifs is 1. The van der Waals surface area contributed by atoms with E-state index >= 15 is 0 Å². The van der Waals surface area contributed by atoms with Crippen molar-refractivity contribution in [1.82, 2.24) is 4.57 Å². The number of hydrogen-bond donors (Lipinski definition) is 1. The number of hydrogen-bond acceptors (Lipinski definition) is 1. The van der Waals surface area contributed by atoms with Crippen molar-refractivity contribution in [1.29, 1.82) is 0 Å². The summed E-state index contributed by atoms with van der Waals surface area (Å²) in [7, 11) is 2.04. The molecule has 0 amide bonds. The number of para-hydroxylation sites is 1. The summed E-state index contributed by atoms with van der Waals surface area (Å²) in [6, 6.07) is 8.28. The first-order valence-corrected chi connectivity index (χ1v) is 5.92. The second-order valence-electron chi connectivity index (χ2n) is 4.93. The zero-order valence-electron chi connectivity index (χ0n) is 9.76. The van der Waals surface area contributed by atoms with Gasteiger partial charge in [-0.25, -0.2) is 0 Å². The third-order valence-corrected chi connectivity index (χ3v) is 3.70. The lowest BCUT2D eigenvalue weighted by Gasteiger charge is -1.97. The van der Waals surface area contributed by atoms with E-state index in [1.54, 1.807) is 0 Å². The number of carboxylic acid groups (broad SMARTS) is 1. The van der Waals surface area contributed by atoms with E-state index in [-0.39, 0.29) is 5.92 Å².